The van der Waals surface area contributed by atoms with Crippen LogP contribution in [0.25, 0.3) is 27.9 Å². The molecule has 1 aliphatic rings. The summed E-state index contributed by atoms with van der Waals surface area (Å²) in [4.78, 5) is 13.0. The lowest BCUT2D eigenvalue weighted by molar-refractivity contribution is -0.140. The van der Waals surface area contributed by atoms with Crippen molar-refractivity contribution in [3.8, 4) is 11.3 Å². The van der Waals surface area contributed by atoms with Crippen LogP contribution in [0.3, 0.4) is 0 Å². The van der Waals surface area contributed by atoms with Crippen LogP contribution in [-0.4, -0.2) is 59.1 Å². The maximum atomic E-state index is 12.9. The van der Waals surface area contributed by atoms with Crippen LogP contribution in [0.1, 0.15) is 19.8 Å². The third-order valence-electron chi connectivity index (χ3n) is 5.54. The minimum absolute atomic E-state index is 0.0835. The first-order chi connectivity index (χ1) is 15.1. The summed E-state index contributed by atoms with van der Waals surface area (Å²) in [5.74, 6) is 0.954. The van der Waals surface area contributed by atoms with Crippen molar-refractivity contribution in [1.29, 1.82) is 0 Å². The van der Waals surface area contributed by atoms with Gasteiger partial charge in [0.15, 0.2) is 11.5 Å². The number of nitrogens with zero attached hydrogens (tertiary/aromatic N) is 6. The van der Waals surface area contributed by atoms with Gasteiger partial charge in [0.25, 0.3) is 0 Å². The first-order valence-electron chi connectivity index (χ1n) is 10.1. The Morgan fingerprint density at radius 3 is 2.69 bits per heavy atom. The van der Waals surface area contributed by atoms with Crippen molar-refractivity contribution in [2.45, 2.75) is 44.1 Å². The Morgan fingerprint density at radius 2 is 2.00 bits per heavy atom. The fourth-order valence-corrected chi connectivity index (χ4v) is 4.15. The highest BCUT2D eigenvalue weighted by atomic mass is 19.4. The minimum atomic E-state index is -4.38. The number of nitrogens with one attached hydrogen (secondary N) is 2. The van der Waals surface area contributed by atoms with Crippen molar-refractivity contribution in [3.63, 3.8) is 0 Å². The Hall–Kier alpha value is -3.41. The monoisotopic (exact) mass is 446 g/mol. The Bertz CT molecular complexity index is 1300. The van der Waals surface area contributed by atoms with Gasteiger partial charge in [-0.05, 0) is 38.0 Å². The van der Waals surface area contributed by atoms with Crippen LogP contribution in [0.4, 0.5) is 24.9 Å². The Labute approximate surface area is 180 Å². The number of anilines is 2. The molecule has 1 saturated carbocycles. The summed E-state index contributed by atoms with van der Waals surface area (Å²) in [6, 6.07) is 5.23. The van der Waals surface area contributed by atoms with Crippen LogP contribution in [0.2, 0.25) is 0 Å². The molecule has 0 aromatic carbocycles. The number of aliphatic hydroxyl groups is 1. The molecule has 0 bridgehead atoms. The first-order valence-corrected chi connectivity index (χ1v) is 10.1. The number of alkyl halides is 3. The van der Waals surface area contributed by atoms with Gasteiger partial charge in [-0.3, -0.25) is 0 Å². The predicted molar refractivity (Wildman–Crippen MR) is 112 cm³/mol. The van der Waals surface area contributed by atoms with Crippen molar-refractivity contribution in [2.24, 2.45) is 0 Å². The van der Waals surface area contributed by atoms with Gasteiger partial charge in [0.2, 0.25) is 5.95 Å². The van der Waals surface area contributed by atoms with Crippen molar-refractivity contribution in [1.82, 2.24) is 29.1 Å². The van der Waals surface area contributed by atoms with E-state index in [1.165, 1.54) is 0 Å². The number of hydrogen-bond donors (Lipinski definition) is 3. The highest BCUT2D eigenvalue weighted by Crippen LogP contribution is 2.34. The fraction of sp³-hybridized carbons (Fsp3) is 0.400. The molecule has 0 radical (unpaired) electrons. The molecule has 3 N–H and O–H groups in total. The van der Waals surface area contributed by atoms with E-state index in [1.54, 1.807) is 42.9 Å². The third kappa shape index (κ3) is 3.70. The summed E-state index contributed by atoms with van der Waals surface area (Å²) < 4.78 is 41.3. The smallest absolute Gasteiger partial charge is 0.390 e. The van der Waals surface area contributed by atoms with Gasteiger partial charge in [0, 0.05) is 24.8 Å². The molecule has 4 heterocycles. The number of pyridine rings is 1. The van der Waals surface area contributed by atoms with Gasteiger partial charge in [-0.25, -0.2) is 14.5 Å². The second-order valence-corrected chi connectivity index (χ2v) is 8.33. The number of hydrogen-bond acceptors (Lipinski definition) is 7. The van der Waals surface area contributed by atoms with E-state index in [0.29, 0.717) is 46.9 Å². The van der Waals surface area contributed by atoms with Gasteiger partial charge >= 0.3 is 6.18 Å². The maximum absolute atomic E-state index is 12.9. The molecule has 0 spiro atoms. The SMILES string of the molecule is CNc1nc(NC2CC(C)(O)C2)nn2ccc(-c3ccc4ncn(CC(F)(F)F)c4n3)c12. The molecule has 12 heteroatoms. The fourth-order valence-electron chi connectivity index (χ4n) is 4.15. The Morgan fingerprint density at radius 1 is 1.22 bits per heavy atom. The zero-order valence-corrected chi connectivity index (χ0v) is 17.3. The molecule has 32 heavy (non-hydrogen) atoms. The lowest BCUT2D eigenvalue weighted by Gasteiger charge is -2.41. The molecule has 4 aromatic heterocycles. The van der Waals surface area contributed by atoms with E-state index in [-0.39, 0.29) is 11.7 Å². The molecule has 0 saturated heterocycles. The van der Waals surface area contributed by atoms with Crippen LogP contribution < -0.4 is 10.6 Å². The van der Waals surface area contributed by atoms with Gasteiger partial charge in [-0.2, -0.15) is 18.2 Å². The number of imidazole rings is 1. The van der Waals surface area contributed by atoms with Crippen molar-refractivity contribution >= 4 is 28.4 Å². The maximum Gasteiger partial charge on any atom is 0.406 e. The van der Waals surface area contributed by atoms with Crippen LogP contribution in [0, 0.1) is 0 Å². The summed E-state index contributed by atoms with van der Waals surface area (Å²) >= 11 is 0. The molecule has 0 aliphatic heterocycles. The molecular weight excluding hydrogens is 425 g/mol. The summed E-state index contributed by atoms with van der Waals surface area (Å²) in [5.41, 5.74) is 1.68. The van der Waals surface area contributed by atoms with Crippen molar-refractivity contribution in [2.75, 3.05) is 17.7 Å². The van der Waals surface area contributed by atoms with Crippen molar-refractivity contribution < 1.29 is 18.3 Å². The lowest BCUT2D eigenvalue weighted by Crippen LogP contribution is -2.48. The Kier molecular flexibility index (Phi) is 4.52. The van der Waals surface area contributed by atoms with Gasteiger partial charge in [0.1, 0.15) is 17.6 Å². The second kappa shape index (κ2) is 7.05. The quantitative estimate of drug-likeness (QED) is 0.433. The standard InChI is InChI=1S/C20H21F3N8O/c1-19(32)7-11(8-19)26-18-28-16(24-2)15-12(5-6-31(15)29-18)13-3-4-14-17(27-13)30(10-25-14)9-20(21,22)23/h3-6,10-11,32H,7-9H2,1-2H3,(H2,24,26,28,29). The zero-order chi connectivity index (χ0) is 22.7. The van der Waals surface area contributed by atoms with E-state index in [9.17, 15) is 18.3 Å². The van der Waals surface area contributed by atoms with E-state index in [4.69, 9.17) is 0 Å². The number of aromatic nitrogens is 6. The molecular formula is C20H21F3N8O. The van der Waals surface area contributed by atoms with Crippen LogP contribution in [0.15, 0.2) is 30.7 Å². The summed E-state index contributed by atoms with van der Waals surface area (Å²) in [6.45, 7) is 0.626. The second-order valence-electron chi connectivity index (χ2n) is 8.33. The molecule has 1 aliphatic carbocycles. The molecule has 0 amide bonds. The molecule has 4 aromatic rings. The predicted octanol–water partition coefficient (Wildman–Crippen LogP) is 3.07. The number of rotatable bonds is 5. The molecule has 0 unspecified atom stereocenters. The highest BCUT2D eigenvalue weighted by molar-refractivity contribution is 5.89. The molecule has 9 nitrogen and oxygen atoms in total. The summed E-state index contributed by atoms with van der Waals surface area (Å²) in [7, 11) is 1.73. The topological polar surface area (TPSA) is 105 Å². The van der Waals surface area contributed by atoms with Crippen LogP contribution in [0.5, 0.6) is 0 Å². The number of halogens is 3. The molecule has 5 rings (SSSR count). The van der Waals surface area contributed by atoms with Crippen molar-refractivity contribution in [3.05, 3.63) is 30.7 Å². The first kappa shape index (κ1) is 20.5. The van der Waals surface area contributed by atoms with E-state index >= 15 is 0 Å². The minimum Gasteiger partial charge on any atom is -0.390 e. The summed E-state index contributed by atoms with van der Waals surface area (Å²) in [5, 5.41) is 20.7. The molecule has 0 atom stereocenters. The van der Waals surface area contributed by atoms with E-state index in [2.05, 4.69) is 30.7 Å². The van der Waals surface area contributed by atoms with Gasteiger partial charge in [0.05, 0.1) is 17.6 Å². The van der Waals surface area contributed by atoms with Gasteiger partial charge in [-0.1, -0.05) is 0 Å². The number of fused-ring (bicyclic) bond motifs is 2. The van der Waals surface area contributed by atoms with E-state index in [1.807, 2.05) is 0 Å². The normalized spacial score (nSPS) is 21.1. The third-order valence-corrected chi connectivity index (χ3v) is 5.54. The molecule has 1 fully saturated rings. The van der Waals surface area contributed by atoms with Crippen LogP contribution in [-0.2, 0) is 6.54 Å². The lowest BCUT2D eigenvalue weighted by atomic mass is 9.77. The highest BCUT2D eigenvalue weighted by Gasteiger charge is 2.38. The van der Waals surface area contributed by atoms with E-state index < -0.39 is 18.3 Å². The van der Waals surface area contributed by atoms with Gasteiger partial charge in [-0.15, -0.1) is 5.10 Å². The summed E-state index contributed by atoms with van der Waals surface area (Å²) in [6.07, 6.45) is -0.275. The van der Waals surface area contributed by atoms with Gasteiger partial charge < -0.3 is 20.3 Å². The van der Waals surface area contributed by atoms with E-state index in [0.717, 1.165) is 10.9 Å². The average molecular weight is 446 g/mol. The molecule has 168 valence electrons. The zero-order valence-electron chi connectivity index (χ0n) is 17.3. The van der Waals surface area contributed by atoms with Crippen LogP contribution >= 0.6 is 0 Å². The Balaban J connectivity index is 1.53. The average Bonchev–Trinajstić information content (AvgIpc) is 3.28. The largest absolute Gasteiger partial charge is 0.406 e.